The van der Waals surface area contributed by atoms with Crippen molar-refractivity contribution in [3.8, 4) is 0 Å². The number of rotatable bonds is 1. The minimum absolute atomic E-state index is 0.00123. The quantitative estimate of drug-likeness (QED) is 0.662. The molecular weight excluding hydrogens is 382 g/mol. The summed E-state index contributed by atoms with van der Waals surface area (Å²) in [6.07, 6.45) is 7.30. The maximum atomic E-state index is 12.3. The van der Waals surface area contributed by atoms with Crippen molar-refractivity contribution in [3.63, 3.8) is 0 Å². The molecule has 0 radical (unpaired) electrons. The van der Waals surface area contributed by atoms with Gasteiger partial charge in [-0.05, 0) is 57.3 Å². The Morgan fingerprint density at radius 1 is 1.20 bits per heavy atom. The number of aliphatic hydroxyl groups is 1. The van der Waals surface area contributed by atoms with Crippen LogP contribution in [0.5, 0.6) is 0 Å². The zero-order valence-corrected chi connectivity index (χ0v) is 18.4. The number of esters is 1. The molecule has 0 amide bonds. The molecule has 30 heavy (non-hydrogen) atoms. The molecule has 6 nitrogen and oxygen atoms in total. The van der Waals surface area contributed by atoms with E-state index < -0.39 is 5.60 Å². The summed E-state index contributed by atoms with van der Waals surface area (Å²) in [5.41, 5.74) is -0.730. The molecule has 4 saturated heterocycles. The molecule has 7 bridgehead atoms. The number of nitrogens with zero attached hydrogens (tertiary/aromatic N) is 1. The normalized spacial score (nSPS) is 62.7. The van der Waals surface area contributed by atoms with Crippen LogP contribution < -0.4 is 0 Å². The Kier molecular flexibility index (Phi) is 3.42. The predicted octanol–water partition coefficient (Wildman–Crippen LogP) is 2.68. The van der Waals surface area contributed by atoms with Gasteiger partial charge in [0.1, 0.15) is 24.7 Å². The van der Waals surface area contributed by atoms with E-state index in [0.717, 1.165) is 51.7 Å². The fourth-order valence-electron chi connectivity index (χ4n) is 10.5. The van der Waals surface area contributed by atoms with E-state index in [9.17, 15) is 9.90 Å². The van der Waals surface area contributed by atoms with Gasteiger partial charge < -0.3 is 19.3 Å². The molecule has 166 valence electrons. The third-order valence-corrected chi connectivity index (χ3v) is 11.0. The van der Waals surface area contributed by atoms with E-state index in [4.69, 9.17) is 14.2 Å². The van der Waals surface area contributed by atoms with Crippen molar-refractivity contribution in [1.29, 1.82) is 0 Å². The van der Waals surface area contributed by atoms with Gasteiger partial charge in [0, 0.05) is 35.6 Å². The highest BCUT2D eigenvalue weighted by Gasteiger charge is 2.83. The summed E-state index contributed by atoms with van der Waals surface area (Å²) in [4.78, 5) is 14.8. The van der Waals surface area contributed by atoms with Crippen LogP contribution in [-0.2, 0) is 19.0 Å². The Morgan fingerprint density at radius 3 is 2.80 bits per heavy atom. The number of carbonyl (C=O) groups is 1. The second-order valence-corrected chi connectivity index (χ2v) is 12.2. The highest BCUT2D eigenvalue weighted by atomic mass is 16.6. The fourth-order valence-corrected chi connectivity index (χ4v) is 10.5. The molecular formula is C24H35NO5. The van der Waals surface area contributed by atoms with Crippen LogP contribution in [0.3, 0.4) is 0 Å². The fraction of sp³-hybridized carbons (Fsp3) is 0.958. The lowest BCUT2D eigenvalue weighted by Gasteiger charge is -2.81. The van der Waals surface area contributed by atoms with Gasteiger partial charge in [0.15, 0.2) is 0 Å². The van der Waals surface area contributed by atoms with Gasteiger partial charge in [-0.2, -0.15) is 0 Å². The van der Waals surface area contributed by atoms with Crippen molar-refractivity contribution >= 4 is 5.97 Å². The molecule has 4 aliphatic heterocycles. The number of piperidine rings is 1. The summed E-state index contributed by atoms with van der Waals surface area (Å²) in [6.45, 7) is 7.68. The lowest BCUT2D eigenvalue weighted by molar-refractivity contribution is -0.447. The average Bonchev–Trinajstić information content (AvgIpc) is 3.16. The molecule has 2 spiro atoms. The minimum atomic E-state index is -0.640. The Labute approximate surface area is 178 Å². The monoisotopic (exact) mass is 417 g/mol. The molecule has 5 saturated carbocycles. The summed E-state index contributed by atoms with van der Waals surface area (Å²) >= 11 is 0. The largest absolute Gasteiger partial charge is 0.459 e. The van der Waals surface area contributed by atoms with E-state index in [2.05, 4.69) is 11.8 Å². The number of ether oxygens (including phenoxy) is 3. The highest BCUT2D eigenvalue weighted by molar-refractivity contribution is 5.66. The molecule has 0 aromatic carbocycles. The number of hydrogen-bond donors (Lipinski definition) is 1. The van der Waals surface area contributed by atoms with Gasteiger partial charge in [-0.15, -0.1) is 0 Å². The first kappa shape index (κ1) is 18.8. The van der Waals surface area contributed by atoms with Crippen molar-refractivity contribution in [1.82, 2.24) is 4.90 Å². The molecule has 5 aliphatic carbocycles. The molecule has 9 fully saturated rings. The summed E-state index contributed by atoms with van der Waals surface area (Å²) < 4.78 is 19.6. The highest BCUT2D eigenvalue weighted by Crippen LogP contribution is 2.80. The van der Waals surface area contributed by atoms with Gasteiger partial charge in [0.2, 0.25) is 0 Å². The topological polar surface area (TPSA) is 68.2 Å². The smallest absolute Gasteiger partial charge is 0.303 e. The van der Waals surface area contributed by atoms with Crippen LogP contribution in [0.4, 0.5) is 0 Å². The van der Waals surface area contributed by atoms with Crippen LogP contribution in [0.1, 0.15) is 65.7 Å². The van der Waals surface area contributed by atoms with Gasteiger partial charge in [0.05, 0.1) is 12.2 Å². The third kappa shape index (κ3) is 1.84. The standard InChI is InChI=1S/C24H35NO5/c1-13(26)29-16-17-21(2)6-4-7-24(17)15-11-14-5-8-23(15,12-22(14,3)27)18(16)30-20(24)25-9-10-28-19(21)25/h14-20,27H,4-12H2,1-3H3/t14-,15+,16+,17+,18+,19+,20+,21+,22+,23+,24+/m0/s1. The Morgan fingerprint density at radius 2 is 2.03 bits per heavy atom. The second-order valence-electron chi connectivity index (χ2n) is 12.2. The zero-order valence-electron chi connectivity index (χ0n) is 18.4. The Bertz CT molecular complexity index is 815. The summed E-state index contributed by atoms with van der Waals surface area (Å²) in [5, 5.41) is 11.3. The lowest BCUT2D eigenvalue weighted by Crippen LogP contribution is -2.86. The van der Waals surface area contributed by atoms with Crippen LogP contribution >= 0.6 is 0 Å². The maximum Gasteiger partial charge on any atom is 0.303 e. The van der Waals surface area contributed by atoms with E-state index in [1.165, 1.54) is 6.42 Å². The molecule has 0 unspecified atom stereocenters. The van der Waals surface area contributed by atoms with E-state index in [1.807, 2.05) is 6.92 Å². The first-order valence-electron chi connectivity index (χ1n) is 12.2. The Hall–Kier alpha value is -0.690. The molecule has 0 aromatic rings. The molecule has 9 aliphatic rings. The summed E-state index contributed by atoms with van der Waals surface area (Å²) in [6, 6.07) is 0. The molecule has 0 aromatic heterocycles. The number of hydrogen-bond acceptors (Lipinski definition) is 6. The van der Waals surface area contributed by atoms with Gasteiger partial charge in [-0.3, -0.25) is 4.79 Å². The van der Waals surface area contributed by atoms with Crippen molar-refractivity contribution < 1.29 is 24.1 Å². The van der Waals surface area contributed by atoms with Crippen molar-refractivity contribution in [2.24, 2.45) is 34.0 Å². The third-order valence-electron chi connectivity index (χ3n) is 11.0. The molecule has 4 heterocycles. The zero-order chi connectivity index (χ0) is 20.7. The van der Waals surface area contributed by atoms with Crippen molar-refractivity contribution in [2.75, 3.05) is 13.2 Å². The van der Waals surface area contributed by atoms with Crippen LogP contribution in [0, 0.1) is 34.0 Å². The first-order chi connectivity index (χ1) is 14.2. The van der Waals surface area contributed by atoms with Crippen LogP contribution in [0.2, 0.25) is 0 Å². The molecule has 6 heteroatoms. The van der Waals surface area contributed by atoms with E-state index >= 15 is 0 Å². The van der Waals surface area contributed by atoms with E-state index in [1.54, 1.807) is 6.92 Å². The lowest BCUT2D eigenvalue weighted by atomic mass is 9.31. The van der Waals surface area contributed by atoms with Gasteiger partial charge in [0.25, 0.3) is 0 Å². The summed E-state index contributed by atoms with van der Waals surface area (Å²) in [7, 11) is 0. The predicted molar refractivity (Wildman–Crippen MR) is 107 cm³/mol. The number of carbonyl (C=O) groups excluding carboxylic acids is 1. The van der Waals surface area contributed by atoms with Crippen LogP contribution in [0.15, 0.2) is 0 Å². The van der Waals surface area contributed by atoms with Crippen LogP contribution in [-0.4, -0.2) is 59.4 Å². The van der Waals surface area contributed by atoms with Crippen LogP contribution in [0.25, 0.3) is 0 Å². The first-order valence-corrected chi connectivity index (χ1v) is 12.2. The van der Waals surface area contributed by atoms with Crippen molar-refractivity contribution in [3.05, 3.63) is 0 Å². The second kappa shape index (κ2) is 5.44. The van der Waals surface area contributed by atoms with Gasteiger partial charge in [-0.1, -0.05) is 13.3 Å². The molecule has 11 atom stereocenters. The summed E-state index contributed by atoms with van der Waals surface area (Å²) in [5.74, 6) is 1.01. The minimum Gasteiger partial charge on any atom is -0.459 e. The molecule has 9 rings (SSSR count). The number of fused-ring (bicyclic) bond motifs is 4. The van der Waals surface area contributed by atoms with Crippen molar-refractivity contribution in [2.45, 2.75) is 96.0 Å². The van der Waals surface area contributed by atoms with E-state index in [-0.39, 0.29) is 52.8 Å². The SMILES string of the molecule is CC(=O)O[C@H]1[C@H]2O[C@H]3N4CCO[C@@H]4[C@]4(C)CCC[C@]3([C@H]14)[C@@H]1C[C@@H]3CC[C@]21C[C@@]3(C)O. The van der Waals surface area contributed by atoms with Gasteiger partial charge in [-0.25, -0.2) is 4.90 Å². The molecule has 1 N–H and O–H groups in total. The average molecular weight is 418 g/mol. The van der Waals surface area contributed by atoms with E-state index in [0.29, 0.717) is 11.8 Å². The maximum absolute atomic E-state index is 12.3. The van der Waals surface area contributed by atoms with Gasteiger partial charge >= 0.3 is 5.97 Å². The Balaban J connectivity index is 1.46.